The Morgan fingerprint density at radius 2 is 1.60 bits per heavy atom. The van der Waals surface area contributed by atoms with Crippen LogP contribution in [0.25, 0.3) is 0 Å². The van der Waals surface area contributed by atoms with Gasteiger partial charge in [0.15, 0.2) is 5.66 Å². The highest BCUT2D eigenvalue weighted by molar-refractivity contribution is 5.95. The average Bonchev–Trinajstić information content (AvgIpc) is 2.55. The van der Waals surface area contributed by atoms with E-state index < -0.39 is 5.66 Å². The van der Waals surface area contributed by atoms with Gasteiger partial charge >= 0.3 is 0 Å². The van der Waals surface area contributed by atoms with Crippen molar-refractivity contribution in [2.75, 3.05) is 0 Å². The number of benzene rings is 2. The smallest absolute Gasteiger partial charge is 0.226 e. The van der Waals surface area contributed by atoms with Crippen molar-refractivity contribution in [3.8, 4) is 11.5 Å². The highest BCUT2D eigenvalue weighted by Gasteiger charge is 2.33. The van der Waals surface area contributed by atoms with E-state index in [9.17, 15) is 0 Å². The molecular formula is C18H21N5O2. The molecule has 0 amide bonds. The first-order valence-corrected chi connectivity index (χ1v) is 7.88. The predicted molar refractivity (Wildman–Crippen MR) is 96.9 cm³/mol. The van der Waals surface area contributed by atoms with Gasteiger partial charge in [0.25, 0.3) is 0 Å². The molecule has 0 spiro atoms. The molecule has 3 rings (SSSR count). The molecule has 7 nitrogen and oxygen atoms in total. The topological polar surface area (TPSA) is 98.5 Å². The summed E-state index contributed by atoms with van der Waals surface area (Å²) in [6, 6.07) is 17.3. The molecule has 2 aromatic carbocycles. The lowest BCUT2D eigenvalue weighted by Gasteiger charge is -2.36. The van der Waals surface area contributed by atoms with Crippen molar-refractivity contribution in [2.24, 2.45) is 21.5 Å². The fourth-order valence-electron chi connectivity index (χ4n) is 2.44. The van der Waals surface area contributed by atoms with E-state index in [1.807, 2.05) is 68.4 Å². The number of guanidine groups is 2. The summed E-state index contributed by atoms with van der Waals surface area (Å²) in [5.74, 6) is 1.87. The lowest BCUT2D eigenvalue weighted by atomic mass is 10.2. The number of aliphatic imine (C=N–C) groups is 2. The summed E-state index contributed by atoms with van der Waals surface area (Å²) in [4.78, 5) is 13.9. The van der Waals surface area contributed by atoms with Gasteiger partial charge in [0.2, 0.25) is 11.9 Å². The van der Waals surface area contributed by atoms with E-state index in [-0.39, 0.29) is 11.9 Å². The maximum absolute atomic E-state index is 5.89. The molecule has 0 unspecified atom stereocenters. The number of ether oxygens (including phenoxy) is 1. The largest absolute Gasteiger partial charge is 0.457 e. The number of rotatable bonds is 5. The third-order valence-electron chi connectivity index (χ3n) is 3.58. The van der Waals surface area contributed by atoms with E-state index in [4.69, 9.17) is 21.0 Å². The molecule has 1 heterocycles. The van der Waals surface area contributed by atoms with Gasteiger partial charge in [-0.1, -0.05) is 30.3 Å². The average molecular weight is 339 g/mol. The predicted octanol–water partition coefficient (Wildman–Crippen LogP) is 2.59. The summed E-state index contributed by atoms with van der Waals surface area (Å²) < 4.78 is 5.77. The first kappa shape index (κ1) is 16.8. The van der Waals surface area contributed by atoms with Gasteiger partial charge in [-0.2, -0.15) is 10.1 Å². The molecule has 0 radical (unpaired) electrons. The Labute approximate surface area is 146 Å². The van der Waals surface area contributed by atoms with E-state index >= 15 is 0 Å². The molecule has 0 saturated heterocycles. The lowest BCUT2D eigenvalue weighted by Crippen LogP contribution is -2.53. The Morgan fingerprint density at radius 3 is 2.24 bits per heavy atom. The Bertz CT molecular complexity index is 785. The summed E-state index contributed by atoms with van der Waals surface area (Å²) >= 11 is 0. The molecule has 1 aliphatic heterocycles. The standard InChI is InChI=1S/C18H21N5O2/c1-18(2)22-16(19)21-17(20)23(18)24-12-13-8-10-15(11-9-13)25-14-6-4-3-5-7-14/h3-11H,12H2,1-2H3,(H4,19,20,21,22). The van der Waals surface area contributed by atoms with Crippen LogP contribution in [-0.2, 0) is 11.4 Å². The van der Waals surface area contributed by atoms with Gasteiger partial charge in [0.05, 0.1) is 0 Å². The molecule has 0 bridgehead atoms. The molecule has 25 heavy (non-hydrogen) atoms. The number of hydrogen-bond donors (Lipinski definition) is 2. The minimum atomic E-state index is -0.716. The quantitative estimate of drug-likeness (QED) is 0.872. The van der Waals surface area contributed by atoms with Crippen LogP contribution >= 0.6 is 0 Å². The van der Waals surface area contributed by atoms with Crippen LogP contribution in [0.15, 0.2) is 64.6 Å². The highest BCUT2D eigenvalue weighted by atomic mass is 16.7. The van der Waals surface area contributed by atoms with Gasteiger partial charge in [-0.25, -0.2) is 4.99 Å². The fourth-order valence-corrected chi connectivity index (χ4v) is 2.44. The molecule has 0 atom stereocenters. The third-order valence-corrected chi connectivity index (χ3v) is 3.58. The van der Waals surface area contributed by atoms with E-state index in [2.05, 4.69) is 9.98 Å². The second-order valence-electron chi connectivity index (χ2n) is 6.06. The second kappa shape index (κ2) is 6.82. The molecule has 2 aromatic rings. The van der Waals surface area contributed by atoms with Gasteiger partial charge in [-0.3, -0.25) is 4.84 Å². The van der Waals surface area contributed by atoms with Gasteiger partial charge in [0, 0.05) is 0 Å². The highest BCUT2D eigenvalue weighted by Crippen LogP contribution is 2.23. The molecule has 1 aliphatic rings. The van der Waals surface area contributed by atoms with Gasteiger partial charge < -0.3 is 16.2 Å². The molecule has 4 N–H and O–H groups in total. The molecule has 0 saturated carbocycles. The number of hydroxylamine groups is 2. The van der Waals surface area contributed by atoms with Crippen molar-refractivity contribution in [1.82, 2.24) is 5.06 Å². The van der Waals surface area contributed by atoms with Gasteiger partial charge in [-0.15, -0.1) is 0 Å². The zero-order chi connectivity index (χ0) is 17.9. The summed E-state index contributed by atoms with van der Waals surface area (Å²) in [5.41, 5.74) is 11.8. The number of hydrogen-bond acceptors (Lipinski definition) is 7. The van der Waals surface area contributed by atoms with Crippen molar-refractivity contribution in [1.29, 1.82) is 0 Å². The van der Waals surface area contributed by atoms with Crippen LogP contribution in [0.4, 0.5) is 0 Å². The summed E-state index contributed by atoms with van der Waals surface area (Å²) in [6.07, 6.45) is 0. The fraction of sp³-hybridized carbons (Fsp3) is 0.222. The van der Waals surface area contributed by atoms with Crippen LogP contribution in [0.2, 0.25) is 0 Å². The molecule has 0 fully saturated rings. The number of nitrogens with two attached hydrogens (primary N) is 2. The molecular weight excluding hydrogens is 318 g/mol. The minimum Gasteiger partial charge on any atom is -0.457 e. The summed E-state index contributed by atoms with van der Waals surface area (Å²) in [6.45, 7) is 4.01. The lowest BCUT2D eigenvalue weighted by molar-refractivity contribution is -0.166. The summed E-state index contributed by atoms with van der Waals surface area (Å²) in [7, 11) is 0. The van der Waals surface area contributed by atoms with Crippen LogP contribution in [0, 0.1) is 0 Å². The first-order valence-electron chi connectivity index (χ1n) is 7.88. The molecule has 0 aromatic heterocycles. The first-order chi connectivity index (χ1) is 11.9. The van der Waals surface area contributed by atoms with E-state index in [1.165, 1.54) is 5.06 Å². The summed E-state index contributed by atoms with van der Waals surface area (Å²) in [5, 5.41) is 1.46. The van der Waals surface area contributed by atoms with Crippen LogP contribution in [-0.4, -0.2) is 22.6 Å². The maximum Gasteiger partial charge on any atom is 0.226 e. The van der Waals surface area contributed by atoms with E-state index in [1.54, 1.807) is 0 Å². The van der Waals surface area contributed by atoms with Crippen molar-refractivity contribution in [2.45, 2.75) is 26.1 Å². The maximum atomic E-state index is 5.89. The van der Waals surface area contributed by atoms with Crippen molar-refractivity contribution >= 4 is 11.9 Å². The minimum absolute atomic E-state index is 0.143. The SMILES string of the molecule is CC1(C)N=C(N)N=C(N)N1OCc1ccc(Oc2ccccc2)cc1. The van der Waals surface area contributed by atoms with Crippen LogP contribution in [0.1, 0.15) is 19.4 Å². The van der Waals surface area contributed by atoms with Crippen molar-refractivity contribution in [3.63, 3.8) is 0 Å². The Balaban J connectivity index is 1.62. The zero-order valence-corrected chi connectivity index (χ0v) is 14.2. The zero-order valence-electron chi connectivity index (χ0n) is 14.2. The molecule has 0 aliphatic carbocycles. The third kappa shape index (κ3) is 4.07. The number of nitrogens with zero attached hydrogens (tertiary/aromatic N) is 3. The second-order valence-corrected chi connectivity index (χ2v) is 6.06. The van der Waals surface area contributed by atoms with Crippen molar-refractivity contribution < 1.29 is 9.57 Å². The Hall–Kier alpha value is -3.06. The number of para-hydroxylation sites is 1. The van der Waals surface area contributed by atoms with Crippen LogP contribution in [0.3, 0.4) is 0 Å². The Morgan fingerprint density at radius 1 is 0.960 bits per heavy atom. The molecule has 7 heteroatoms. The normalized spacial score (nSPS) is 16.2. The van der Waals surface area contributed by atoms with Gasteiger partial charge in [-0.05, 0) is 43.7 Å². The van der Waals surface area contributed by atoms with Crippen LogP contribution < -0.4 is 16.2 Å². The van der Waals surface area contributed by atoms with Gasteiger partial charge in [0.1, 0.15) is 18.1 Å². The van der Waals surface area contributed by atoms with Crippen molar-refractivity contribution in [3.05, 3.63) is 60.2 Å². The van der Waals surface area contributed by atoms with E-state index in [0.29, 0.717) is 6.61 Å². The van der Waals surface area contributed by atoms with E-state index in [0.717, 1.165) is 17.1 Å². The molecule has 130 valence electrons. The monoisotopic (exact) mass is 339 g/mol. The Kier molecular flexibility index (Phi) is 4.58. The van der Waals surface area contributed by atoms with Crippen LogP contribution in [0.5, 0.6) is 11.5 Å².